The number of halogens is 1. The van der Waals surface area contributed by atoms with Crippen molar-refractivity contribution in [1.29, 1.82) is 0 Å². The van der Waals surface area contributed by atoms with Gasteiger partial charge in [0, 0.05) is 37.4 Å². The van der Waals surface area contributed by atoms with Crippen LogP contribution in [0.15, 0.2) is 67.3 Å². The number of benzene rings is 2. The lowest BCUT2D eigenvalue weighted by Crippen LogP contribution is -2.48. The molecule has 0 radical (unpaired) electrons. The van der Waals surface area contributed by atoms with E-state index in [1.165, 1.54) is 18.7 Å². The third kappa shape index (κ3) is 4.81. The Kier molecular flexibility index (Phi) is 6.23. The summed E-state index contributed by atoms with van der Waals surface area (Å²) in [6.45, 7) is 0.372. The molecule has 9 heteroatoms. The number of amides is 2. The van der Waals surface area contributed by atoms with Crippen LogP contribution in [0.25, 0.3) is 0 Å². The van der Waals surface area contributed by atoms with Crippen molar-refractivity contribution in [3.05, 3.63) is 78.4 Å². The molecule has 0 aliphatic heterocycles. The standard InChI is InChI=1S/C23H22ClN5O3/c1-29(19-6-8-20(32-24)9-7-19)18-4-2-16(3-5-18)12-27-22(31)23(10-11-23)28-21(30)17-13-25-15-26-14-17/h2-9,13-15H,10-12H2,1H3,(H,27,31)(H,28,30). The highest BCUT2D eigenvalue weighted by Crippen LogP contribution is 2.36. The molecule has 3 aromatic rings. The van der Waals surface area contributed by atoms with Crippen LogP contribution < -0.4 is 19.8 Å². The monoisotopic (exact) mass is 451 g/mol. The lowest BCUT2D eigenvalue weighted by Gasteiger charge is -2.20. The van der Waals surface area contributed by atoms with Crippen LogP contribution in [0.2, 0.25) is 0 Å². The van der Waals surface area contributed by atoms with Crippen molar-refractivity contribution in [2.45, 2.75) is 24.9 Å². The fourth-order valence-corrected chi connectivity index (χ4v) is 3.40. The van der Waals surface area contributed by atoms with E-state index in [1.54, 1.807) is 12.1 Å². The van der Waals surface area contributed by atoms with E-state index in [4.69, 9.17) is 11.9 Å². The van der Waals surface area contributed by atoms with Gasteiger partial charge in [0.15, 0.2) is 0 Å². The molecule has 4 rings (SSSR count). The molecule has 2 aromatic carbocycles. The van der Waals surface area contributed by atoms with Gasteiger partial charge in [0.25, 0.3) is 5.91 Å². The van der Waals surface area contributed by atoms with Crippen LogP contribution in [-0.2, 0) is 11.3 Å². The quantitative estimate of drug-likeness (QED) is 0.545. The van der Waals surface area contributed by atoms with Crippen LogP contribution in [0, 0.1) is 0 Å². The molecule has 1 fully saturated rings. The molecule has 32 heavy (non-hydrogen) atoms. The van der Waals surface area contributed by atoms with E-state index in [0.717, 1.165) is 16.9 Å². The predicted molar refractivity (Wildman–Crippen MR) is 121 cm³/mol. The van der Waals surface area contributed by atoms with E-state index < -0.39 is 5.54 Å². The predicted octanol–water partition coefficient (Wildman–Crippen LogP) is 3.36. The zero-order chi connectivity index (χ0) is 22.6. The van der Waals surface area contributed by atoms with Crippen LogP contribution in [0.3, 0.4) is 0 Å². The van der Waals surface area contributed by atoms with Gasteiger partial charge < -0.3 is 19.8 Å². The molecular weight excluding hydrogens is 430 g/mol. The first kappa shape index (κ1) is 21.6. The summed E-state index contributed by atoms with van der Waals surface area (Å²) in [7, 11) is 1.96. The summed E-state index contributed by atoms with van der Waals surface area (Å²) in [6.07, 6.45) is 5.42. The molecule has 1 aliphatic carbocycles. The van der Waals surface area contributed by atoms with Crippen molar-refractivity contribution in [3.8, 4) is 5.75 Å². The zero-order valence-corrected chi connectivity index (χ0v) is 18.2. The van der Waals surface area contributed by atoms with Gasteiger partial charge in [0.1, 0.15) is 29.5 Å². The summed E-state index contributed by atoms with van der Waals surface area (Å²) in [5.74, 6) is 0.0402. The minimum atomic E-state index is -0.855. The Morgan fingerprint density at radius 1 is 1.03 bits per heavy atom. The summed E-state index contributed by atoms with van der Waals surface area (Å²) in [6, 6.07) is 15.3. The van der Waals surface area contributed by atoms with Crippen molar-refractivity contribution in [2.24, 2.45) is 0 Å². The minimum Gasteiger partial charge on any atom is -0.386 e. The Labute approximate surface area is 190 Å². The largest absolute Gasteiger partial charge is 0.386 e. The summed E-state index contributed by atoms with van der Waals surface area (Å²) in [4.78, 5) is 34.7. The van der Waals surface area contributed by atoms with Gasteiger partial charge in [-0.2, -0.15) is 0 Å². The Morgan fingerprint density at radius 2 is 1.62 bits per heavy atom. The topological polar surface area (TPSA) is 96.5 Å². The second kappa shape index (κ2) is 9.23. The fourth-order valence-electron chi connectivity index (χ4n) is 3.30. The highest BCUT2D eigenvalue weighted by molar-refractivity contribution is 6.09. The molecule has 1 aliphatic rings. The van der Waals surface area contributed by atoms with E-state index in [9.17, 15) is 9.59 Å². The molecule has 1 aromatic heterocycles. The Morgan fingerprint density at radius 3 is 2.19 bits per heavy atom. The minimum absolute atomic E-state index is 0.189. The summed E-state index contributed by atoms with van der Waals surface area (Å²) >= 11 is 5.36. The first-order valence-electron chi connectivity index (χ1n) is 10.1. The number of aromatic nitrogens is 2. The number of nitrogens with one attached hydrogen (secondary N) is 2. The average Bonchev–Trinajstić information content (AvgIpc) is 3.63. The van der Waals surface area contributed by atoms with Crippen molar-refractivity contribution in [2.75, 3.05) is 11.9 Å². The number of anilines is 2. The van der Waals surface area contributed by atoms with Crippen LogP contribution in [0.5, 0.6) is 5.75 Å². The molecule has 2 amide bonds. The van der Waals surface area contributed by atoms with Gasteiger partial charge in [-0.1, -0.05) is 12.1 Å². The van der Waals surface area contributed by atoms with E-state index in [1.807, 2.05) is 48.3 Å². The third-order valence-corrected chi connectivity index (χ3v) is 5.63. The first-order chi connectivity index (χ1) is 15.5. The zero-order valence-electron chi connectivity index (χ0n) is 17.4. The number of hydrogen-bond donors (Lipinski definition) is 2. The normalized spacial score (nSPS) is 13.7. The third-order valence-electron chi connectivity index (χ3n) is 5.45. The second-order valence-corrected chi connectivity index (χ2v) is 7.80. The van der Waals surface area contributed by atoms with Crippen LogP contribution >= 0.6 is 11.9 Å². The van der Waals surface area contributed by atoms with Gasteiger partial charge >= 0.3 is 0 Å². The Balaban J connectivity index is 1.32. The van der Waals surface area contributed by atoms with Crippen molar-refractivity contribution >= 4 is 35.1 Å². The van der Waals surface area contributed by atoms with Crippen molar-refractivity contribution in [3.63, 3.8) is 0 Å². The molecule has 2 N–H and O–H groups in total. The van der Waals surface area contributed by atoms with Gasteiger partial charge in [-0.15, -0.1) is 0 Å². The lowest BCUT2D eigenvalue weighted by atomic mass is 10.1. The molecule has 8 nitrogen and oxygen atoms in total. The molecule has 1 saturated carbocycles. The van der Waals surface area contributed by atoms with Gasteiger partial charge in [-0.3, -0.25) is 9.59 Å². The molecular formula is C23H22ClN5O3. The average molecular weight is 452 g/mol. The molecule has 0 bridgehead atoms. The number of rotatable bonds is 8. The maximum Gasteiger partial charge on any atom is 0.255 e. The molecule has 0 saturated heterocycles. The number of nitrogens with zero attached hydrogens (tertiary/aromatic N) is 3. The smallest absolute Gasteiger partial charge is 0.255 e. The number of carbonyl (C=O) groups excluding carboxylic acids is 2. The van der Waals surface area contributed by atoms with Crippen LogP contribution in [0.1, 0.15) is 28.8 Å². The summed E-state index contributed by atoms with van der Waals surface area (Å²) in [5.41, 5.74) is 2.41. The summed E-state index contributed by atoms with van der Waals surface area (Å²) in [5, 5.41) is 5.74. The highest BCUT2D eigenvalue weighted by atomic mass is 35.5. The van der Waals surface area contributed by atoms with Crippen LogP contribution in [-0.4, -0.2) is 34.4 Å². The van der Waals surface area contributed by atoms with Gasteiger partial charge in [0.2, 0.25) is 5.91 Å². The molecule has 0 unspecified atom stereocenters. The van der Waals surface area contributed by atoms with Crippen LogP contribution in [0.4, 0.5) is 11.4 Å². The summed E-state index contributed by atoms with van der Waals surface area (Å²) < 4.78 is 4.68. The Bertz CT molecular complexity index is 1090. The van der Waals surface area contributed by atoms with Gasteiger partial charge in [-0.25, -0.2) is 9.97 Å². The first-order valence-corrected chi connectivity index (χ1v) is 10.4. The molecule has 1 heterocycles. The molecule has 164 valence electrons. The maximum atomic E-state index is 12.7. The van der Waals surface area contributed by atoms with Gasteiger partial charge in [-0.05, 0) is 54.8 Å². The number of hydrogen-bond acceptors (Lipinski definition) is 6. The van der Waals surface area contributed by atoms with Crippen molar-refractivity contribution in [1.82, 2.24) is 20.6 Å². The van der Waals surface area contributed by atoms with E-state index in [-0.39, 0.29) is 11.8 Å². The highest BCUT2D eigenvalue weighted by Gasteiger charge is 2.51. The van der Waals surface area contributed by atoms with E-state index in [0.29, 0.717) is 30.7 Å². The fraction of sp³-hybridized carbons (Fsp3) is 0.217. The van der Waals surface area contributed by atoms with E-state index in [2.05, 4.69) is 24.9 Å². The Hall–Kier alpha value is -3.65. The molecule has 0 spiro atoms. The van der Waals surface area contributed by atoms with Gasteiger partial charge in [0.05, 0.1) is 5.56 Å². The molecule has 0 atom stereocenters. The lowest BCUT2D eigenvalue weighted by molar-refractivity contribution is -0.124. The van der Waals surface area contributed by atoms with E-state index >= 15 is 0 Å². The van der Waals surface area contributed by atoms with Crippen molar-refractivity contribution < 1.29 is 13.9 Å². The second-order valence-electron chi connectivity index (χ2n) is 7.64. The number of carbonyl (C=O) groups is 2. The SMILES string of the molecule is CN(c1ccc(CNC(=O)C2(NC(=O)c3cncnc3)CC2)cc1)c1ccc(OCl)cc1. The maximum absolute atomic E-state index is 12.7.